The molecule has 1 aliphatic carbocycles. The van der Waals surface area contributed by atoms with Crippen LogP contribution in [0.4, 0.5) is 0 Å². The van der Waals surface area contributed by atoms with Gasteiger partial charge in [0.05, 0.1) is 5.56 Å². The minimum Gasteiger partial charge on any atom is -0.477 e. The predicted molar refractivity (Wildman–Crippen MR) is 85.5 cm³/mol. The van der Waals surface area contributed by atoms with Crippen LogP contribution < -0.4 is 5.32 Å². The second-order valence-electron chi connectivity index (χ2n) is 6.24. The van der Waals surface area contributed by atoms with Crippen LogP contribution in [-0.4, -0.2) is 28.0 Å². The summed E-state index contributed by atoms with van der Waals surface area (Å²) in [5.74, 6) is -1.32. The lowest BCUT2D eigenvalue weighted by molar-refractivity contribution is 0.0689. The monoisotopic (exact) mass is 310 g/mol. The van der Waals surface area contributed by atoms with Crippen molar-refractivity contribution in [2.45, 2.75) is 31.2 Å². The van der Waals surface area contributed by atoms with Crippen LogP contribution in [0.5, 0.6) is 0 Å². The van der Waals surface area contributed by atoms with Crippen molar-refractivity contribution in [3.8, 4) is 0 Å². The molecule has 23 heavy (non-hydrogen) atoms. The summed E-state index contributed by atoms with van der Waals surface area (Å²) >= 11 is 0. The number of aromatic carboxylic acids is 1. The Kier molecular flexibility index (Phi) is 3.86. The maximum absolute atomic E-state index is 12.2. The van der Waals surface area contributed by atoms with Gasteiger partial charge in [-0.05, 0) is 36.0 Å². The van der Waals surface area contributed by atoms with Crippen LogP contribution in [0.25, 0.3) is 0 Å². The summed E-state index contributed by atoms with van der Waals surface area (Å²) in [6, 6.07) is 13.3. The van der Waals surface area contributed by atoms with Crippen LogP contribution >= 0.6 is 0 Å². The lowest BCUT2D eigenvalue weighted by atomic mass is 9.63. The maximum Gasteiger partial charge on any atom is 0.354 e. The summed E-state index contributed by atoms with van der Waals surface area (Å²) in [5, 5.41) is 11.8. The van der Waals surface area contributed by atoms with E-state index in [4.69, 9.17) is 5.11 Å². The molecular weight excluding hydrogens is 292 g/mol. The van der Waals surface area contributed by atoms with E-state index in [1.165, 1.54) is 23.9 Å². The molecule has 118 valence electrons. The molecule has 0 spiro atoms. The Morgan fingerprint density at radius 1 is 1.17 bits per heavy atom. The Balaban J connectivity index is 1.59. The number of carboxylic acids is 1. The molecule has 0 unspecified atom stereocenters. The van der Waals surface area contributed by atoms with Gasteiger partial charge in [0, 0.05) is 12.2 Å². The molecule has 1 aliphatic rings. The van der Waals surface area contributed by atoms with Crippen LogP contribution in [0.2, 0.25) is 0 Å². The Morgan fingerprint density at radius 2 is 1.87 bits per heavy atom. The highest BCUT2D eigenvalue weighted by molar-refractivity contribution is 5.95. The number of carbonyl (C=O) groups excluding carboxylic acids is 1. The number of nitrogens with one attached hydrogen (secondary N) is 1. The minimum atomic E-state index is -1.10. The van der Waals surface area contributed by atoms with E-state index in [0.717, 1.165) is 12.8 Å². The molecule has 0 atom stereocenters. The van der Waals surface area contributed by atoms with Gasteiger partial charge < -0.3 is 10.4 Å². The van der Waals surface area contributed by atoms with Gasteiger partial charge in [-0.3, -0.25) is 4.79 Å². The quantitative estimate of drug-likeness (QED) is 0.910. The zero-order valence-electron chi connectivity index (χ0n) is 12.8. The van der Waals surface area contributed by atoms with Crippen molar-refractivity contribution in [1.29, 1.82) is 0 Å². The van der Waals surface area contributed by atoms with E-state index in [0.29, 0.717) is 5.56 Å². The molecule has 5 heteroatoms. The fourth-order valence-electron chi connectivity index (χ4n) is 3.13. The Bertz CT molecular complexity index is 720. The Hall–Kier alpha value is -2.69. The number of benzene rings is 1. The highest BCUT2D eigenvalue weighted by atomic mass is 16.4. The summed E-state index contributed by atoms with van der Waals surface area (Å²) in [5.41, 5.74) is 1.70. The third-order valence-electron chi connectivity index (χ3n) is 4.44. The first kappa shape index (κ1) is 15.2. The third-order valence-corrected chi connectivity index (χ3v) is 4.44. The van der Waals surface area contributed by atoms with Crippen LogP contribution in [0, 0.1) is 0 Å². The molecule has 1 saturated carbocycles. The van der Waals surface area contributed by atoms with Gasteiger partial charge in [-0.1, -0.05) is 37.3 Å². The van der Waals surface area contributed by atoms with Crippen molar-refractivity contribution >= 4 is 11.9 Å². The van der Waals surface area contributed by atoms with Gasteiger partial charge >= 0.3 is 5.97 Å². The van der Waals surface area contributed by atoms with Crippen LogP contribution in [0.3, 0.4) is 0 Å². The fourth-order valence-corrected chi connectivity index (χ4v) is 3.13. The average molecular weight is 310 g/mol. The van der Waals surface area contributed by atoms with Gasteiger partial charge in [-0.2, -0.15) is 0 Å². The Labute approximate surface area is 134 Å². The third kappa shape index (κ3) is 3.08. The average Bonchev–Trinajstić information content (AvgIpc) is 2.54. The SMILES string of the molecule is CC1(c2ccccc2)CC(NC(=O)c2ccc(C(=O)O)nc2)C1. The molecule has 5 nitrogen and oxygen atoms in total. The van der Waals surface area contributed by atoms with Crippen molar-refractivity contribution in [2.75, 3.05) is 0 Å². The number of nitrogens with zero attached hydrogens (tertiary/aromatic N) is 1. The highest BCUT2D eigenvalue weighted by Gasteiger charge is 2.42. The summed E-state index contributed by atoms with van der Waals surface area (Å²) in [4.78, 5) is 26.7. The molecule has 1 aromatic carbocycles. The van der Waals surface area contributed by atoms with Crippen molar-refractivity contribution in [1.82, 2.24) is 10.3 Å². The highest BCUT2D eigenvalue weighted by Crippen LogP contribution is 2.43. The number of carboxylic acid groups (broad SMARTS) is 1. The molecule has 2 aromatic rings. The molecule has 0 bridgehead atoms. The summed E-state index contributed by atoms with van der Waals surface area (Å²) in [6.07, 6.45) is 3.08. The second-order valence-corrected chi connectivity index (χ2v) is 6.24. The number of pyridine rings is 1. The second kappa shape index (κ2) is 5.83. The zero-order valence-corrected chi connectivity index (χ0v) is 12.8. The number of hydrogen-bond acceptors (Lipinski definition) is 3. The fraction of sp³-hybridized carbons (Fsp3) is 0.278. The molecule has 0 radical (unpaired) electrons. The van der Waals surface area contributed by atoms with Gasteiger partial charge in [0.1, 0.15) is 5.69 Å². The van der Waals surface area contributed by atoms with Crippen LogP contribution in [0.15, 0.2) is 48.7 Å². The zero-order chi connectivity index (χ0) is 16.4. The summed E-state index contributed by atoms with van der Waals surface area (Å²) in [7, 11) is 0. The maximum atomic E-state index is 12.2. The van der Waals surface area contributed by atoms with Crippen molar-refractivity contribution in [3.63, 3.8) is 0 Å². The summed E-state index contributed by atoms with van der Waals surface area (Å²) < 4.78 is 0. The summed E-state index contributed by atoms with van der Waals surface area (Å²) in [6.45, 7) is 2.20. The smallest absolute Gasteiger partial charge is 0.354 e. The molecular formula is C18H18N2O3. The number of carbonyl (C=O) groups is 2. The van der Waals surface area contributed by atoms with Gasteiger partial charge in [0.15, 0.2) is 0 Å². The molecule has 1 amide bonds. The van der Waals surface area contributed by atoms with Crippen molar-refractivity contribution in [3.05, 3.63) is 65.5 Å². The minimum absolute atomic E-state index is 0.0677. The lowest BCUT2D eigenvalue weighted by Crippen LogP contribution is -2.51. The number of rotatable bonds is 4. The van der Waals surface area contributed by atoms with Crippen molar-refractivity contribution in [2.24, 2.45) is 0 Å². The first-order valence-corrected chi connectivity index (χ1v) is 7.54. The van der Waals surface area contributed by atoms with E-state index >= 15 is 0 Å². The van der Waals surface area contributed by atoms with Gasteiger partial charge in [0.25, 0.3) is 5.91 Å². The molecule has 0 saturated heterocycles. The van der Waals surface area contributed by atoms with E-state index in [1.54, 1.807) is 0 Å². The van der Waals surface area contributed by atoms with E-state index in [2.05, 4.69) is 29.4 Å². The van der Waals surface area contributed by atoms with Crippen LogP contribution in [0.1, 0.15) is 46.2 Å². The van der Waals surface area contributed by atoms with Gasteiger partial charge in [-0.25, -0.2) is 9.78 Å². The lowest BCUT2D eigenvalue weighted by Gasteiger charge is -2.46. The number of aromatic nitrogens is 1. The number of amides is 1. The van der Waals surface area contributed by atoms with E-state index in [1.807, 2.05) is 18.2 Å². The topological polar surface area (TPSA) is 79.3 Å². The first-order valence-electron chi connectivity index (χ1n) is 7.54. The largest absolute Gasteiger partial charge is 0.477 e. The molecule has 0 aliphatic heterocycles. The van der Waals surface area contributed by atoms with Gasteiger partial charge in [0.2, 0.25) is 0 Å². The normalized spacial score (nSPS) is 22.9. The number of hydrogen-bond donors (Lipinski definition) is 2. The molecule has 1 aromatic heterocycles. The predicted octanol–water partition coefficient (Wildman–Crippen LogP) is 2.63. The van der Waals surface area contributed by atoms with E-state index in [-0.39, 0.29) is 23.1 Å². The van der Waals surface area contributed by atoms with Gasteiger partial charge in [-0.15, -0.1) is 0 Å². The standard InChI is InChI=1S/C18H18N2O3/c1-18(13-5-3-2-4-6-13)9-14(10-18)20-16(21)12-7-8-15(17(22)23)19-11-12/h2-8,11,14H,9-10H2,1H3,(H,20,21)(H,22,23). The molecule has 1 heterocycles. The molecule has 2 N–H and O–H groups in total. The molecule has 1 fully saturated rings. The van der Waals surface area contributed by atoms with Crippen LogP contribution in [-0.2, 0) is 5.41 Å². The van der Waals surface area contributed by atoms with Crippen molar-refractivity contribution < 1.29 is 14.7 Å². The van der Waals surface area contributed by atoms with E-state index in [9.17, 15) is 9.59 Å². The van der Waals surface area contributed by atoms with E-state index < -0.39 is 5.97 Å². The Morgan fingerprint density at radius 3 is 2.43 bits per heavy atom. The first-order chi connectivity index (χ1) is 11.0. The molecule has 3 rings (SSSR count).